The fourth-order valence-corrected chi connectivity index (χ4v) is 0.659. The summed E-state index contributed by atoms with van der Waals surface area (Å²) in [4.78, 5) is 10.1. The number of carbonyl (C=O) groups is 1. The quantitative estimate of drug-likeness (QED) is 0.433. The predicted molar refractivity (Wildman–Crippen MR) is 31.1 cm³/mol. The Morgan fingerprint density at radius 2 is 2.44 bits per heavy atom. The molecule has 1 aliphatic rings. The van der Waals surface area contributed by atoms with Crippen LogP contribution < -0.4 is 0 Å². The van der Waals surface area contributed by atoms with Gasteiger partial charge in [0.15, 0.2) is 6.10 Å². The van der Waals surface area contributed by atoms with Crippen LogP contribution in [0.2, 0.25) is 0 Å². The normalized spacial score (nSPS) is 33.0. The lowest BCUT2D eigenvalue weighted by atomic mass is 10.3. The Hall–Kier alpha value is -0.830. The van der Waals surface area contributed by atoms with Gasteiger partial charge in [0.05, 0.1) is 0 Å². The molecule has 0 aromatic carbocycles. The maximum Gasteiger partial charge on any atom is 0.335 e. The maximum atomic E-state index is 10.1. The molecule has 1 fully saturated rings. The molecule has 0 aliphatic carbocycles. The van der Waals surface area contributed by atoms with Gasteiger partial charge in [-0.05, 0) is 6.92 Å². The van der Waals surface area contributed by atoms with E-state index < -0.39 is 12.1 Å². The van der Waals surface area contributed by atoms with Crippen LogP contribution >= 0.6 is 0 Å². The number of epoxide rings is 1. The van der Waals surface area contributed by atoms with E-state index >= 15 is 0 Å². The summed E-state index contributed by atoms with van der Waals surface area (Å²) in [5.74, 6) is -0.877. The molecule has 50 valence electrons. The zero-order valence-corrected chi connectivity index (χ0v) is 5.07. The van der Waals surface area contributed by atoms with Crippen LogP contribution in [-0.4, -0.2) is 23.3 Å². The van der Waals surface area contributed by atoms with E-state index in [9.17, 15) is 4.79 Å². The Kier molecular flexibility index (Phi) is 1.53. The van der Waals surface area contributed by atoms with Crippen molar-refractivity contribution in [3.63, 3.8) is 0 Å². The molecule has 3 nitrogen and oxygen atoms in total. The smallest absolute Gasteiger partial charge is 0.335 e. The first-order chi connectivity index (χ1) is 4.25. The SMILES string of the molecule is C/C=C/C1OC1C(=O)O. The highest BCUT2D eigenvalue weighted by Crippen LogP contribution is 2.22. The minimum absolute atomic E-state index is 0.174. The largest absolute Gasteiger partial charge is 0.479 e. The number of hydrogen-bond acceptors (Lipinski definition) is 2. The first kappa shape index (κ1) is 6.29. The topological polar surface area (TPSA) is 49.8 Å². The lowest BCUT2D eigenvalue weighted by Crippen LogP contribution is -2.06. The van der Waals surface area contributed by atoms with Crippen molar-refractivity contribution < 1.29 is 14.6 Å². The highest BCUT2D eigenvalue weighted by atomic mass is 16.6. The fourth-order valence-electron chi connectivity index (χ4n) is 0.659. The number of hydrogen-bond donors (Lipinski definition) is 1. The fraction of sp³-hybridized carbons (Fsp3) is 0.500. The van der Waals surface area contributed by atoms with Crippen molar-refractivity contribution in [3.05, 3.63) is 12.2 Å². The Bertz CT molecular complexity index is 150. The van der Waals surface area contributed by atoms with E-state index in [1.165, 1.54) is 0 Å². The minimum atomic E-state index is -0.877. The second kappa shape index (κ2) is 2.19. The Balaban J connectivity index is 2.33. The van der Waals surface area contributed by atoms with Gasteiger partial charge in [0.1, 0.15) is 6.10 Å². The summed E-state index contributed by atoms with van der Waals surface area (Å²) < 4.78 is 4.73. The zero-order valence-electron chi connectivity index (χ0n) is 5.07. The molecule has 1 saturated heterocycles. The first-order valence-electron chi connectivity index (χ1n) is 2.77. The summed E-state index contributed by atoms with van der Waals surface area (Å²) in [6.07, 6.45) is 2.76. The molecule has 0 bridgehead atoms. The van der Waals surface area contributed by atoms with Gasteiger partial charge < -0.3 is 9.84 Å². The van der Waals surface area contributed by atoms with Crippen LogP contribution in [0.25, 0.3) is 0 Å². The van der Waals surface area contributed by atoms with E-state index in [2.05, 4.69) is 0 Å². The Morgan fingerprint density at radius 1 is 1.78 bits per heavy atom. The summed E-state index contributed by atoms with van der Waals surface area (Å²) in [7, 11) is 0. The molecule has 0 spiro atoms. The van der Waals surface area contributed by atoms with E-state index in [0.29, 0.717) is 0 Å². The Morgan fingerprint density at radius 3 is 2.78 bits per heavy atom. The van der Waals surface area contributed by atoms with Crippen LogP contribution in [-0.2, 0) is 9.53 Å². The maximum absolute atomic E-state index is 10.1. The monoisotopic (exact) mass is 128 g/mol. The predicted octanol–water partition coefficient (Wildman–Crippen LogP) is 0.415. The van der Waals surface area contributed by atoms with Crippen molar-refractivity contribution in [1.29, 1.82) is 0 Å². The van der Waals surface area contributed by atoms with Crippen molar-refractivity contribution in [2.75, 3.05) is 0 Å². The van der Waals surface area contributed by atoms with Gasteiger partial charge in [0, 0.05) is 0 Å². The molecule has 1 heterocycles. The molecule has 0 radical (unpaired) electrons. The third kappa shape index (κ3) is 1.29. The molecule has 2 unspecified atom stereocenters. The van der Waals surface area contributed by atoms with Crippen molar-refractivity contribution in [2.24, 2.45) is 0 Å². The van der Waals surface area contributed by atoms with Gasteiger partial charge in [0.25, 0.3) is 0 Å². The molecular weight excluding hydrogens is 120 g/mol. The first-order valence-corrected chi connectivity index (χ1v) is 2.77. The molecule has 3 heteroatoms. The summed E-state index contributed by atoms with van der Waals surface area (Å²) >= 11 is 0. The molecule has 0 saturated carbocycles. The lowest BCUT2D eigenvalue weighted by Gasteiger charge is -1.76. The van der Waals surface area contributed by atoms with E-state index in [1.54, 1.807) is 12.2 Å². The highest BCUT2D eigenvalue weighted by Gasteiger charge is 2.42. The van der Waals surface area contributed by atoms with Crippen LogP contribution in [0.3, 0.4) is 0 Å². The van der Waals surface area contributed by atoms with Gasteiger partial charge >= 0.3 is 5.97 Å². The second-order valence-electron chi connectivity index (χ2n) is 1.89. The van der Waals surface area contributed by atoms with Gasteiger partial charge in [-0.1, -0.05) is 12.2 Å². The third-order valence-electron chi connectivity index (χ3n) is 1.15. The van der Waals surface area contributed by atoms with Gasteiger partial charge in [-0.25, -0.2) is 4.79 Å². The second-order valence-corrected chi connectivity index (χ2v) is 1.89. The standard InChI is InChI=1S/C6H8O3/c1-2-3-4-5(9-4)6(7)8/h2-5H,1H3,(H,7,8)/b3-2+. The van der Waals surface area contributed by atoms with Crippen molar-refractivity contribution >= 4 is 5.97 Å². The molecule has 0 amide bonds. The molecule has 1 N–H and O–H groups in total. The summed E-state index contributed by atoms with van der Waals surface area (Å²) in [5.41, 5.74) is 0. The van der Waals surface area contributed by atoms with E-state index in [1.807, 2.05) is 6.92 Å². The van der Waals surface area contributed by atoms with Crippen molar-refractivity contribution in [1.82, 2.24) is 0 Å². The van der Waals surface area contributed by atoms with Gasteiger partial charge in [-0.2, -0.15) is 0 Å². The summed E-state index contributed by atoms with van der Waals surface area (Å²) in [6.45, 7) is 1.83. The molecule has 9 heavy (non-hydrogen) atoms. The molecule has 0 aromatic heterocycles. The van der Waals surface area contributed by atoms with Crippen LogP contribution in [0.15, 0.2) is 12.2 Å². The third-order valence-corrected chi connectivity index (χ3v) is 1.15. The molecule has 1 rings (SSSR count). The van der Waals surface area contributed by atoms with Crippen LogP contribution in [0.4, 0.5) is 0 Å². The number of rotatable bonds is 2. The number of aliphatic carboxylic acids is 1. The summed E-state index contributed by atoms with van der Waals surface area (Å²) in [6, 6.07) is 0. The van der Waals surface area contributed by atoms with Gasteiger partial charge in [-0.15, -0.1) is 0 Å². The van der Waals surface area contributed by atoms with E-state index in [4.69, 9.17) is 9.84 Å². The van der Waals surface area contributed by atoms with Crippen LogP contribution in [0.5, 0.6) is 0 Å². The molecular formula is C6H8O3. The molecule has 1 aliphatic heterocycles. The number of carboxylic acids is 1. The number of carboxylic acid groups (broad SMARTS) is 1. The van der Waals surface area contributed by atoms with Gasteiger partial charge in [-0.3, -0.25) is 0 Å². The van der Waals surface area contributed by atoms with Crippen LogP contribution in [0.1, 0.15) is 6.92 Å². The lowest BCUT2D eigenvalue weighted by molar-refractivity contribution is -0.138. The number of ether oxygens (including phenoxy) is 1. The Labute approximate surface area is 52.9 Å². The summed E-state index contributed by atoms with van der Waals surface area (Å²) in [5, 5.41) is 8.29. The average Bonchev–Trinajstić information content (AvgIpc) is 2.47. The molecule has 0 aromatic rings. The van der Waals surface area contributed by atoms with Crippen LogP contribution in [0, 0.1) is 0 Å². The number of allylic oxidation sites excluding steroid dienone is 1. The zero-order chi connectivity index (χ0) is 6.85. The van der Waals surface area contributed by atoms with Crippen molar-refractivity contribution in [2.45, 2.75) is 19.1 Å². The minimum Gasteiger partial charge on any atom is -0.479 e. The average molecular weight is 128 g/mol. The molecule has 2 atom stereocenters. The van der Waals surface area contributed by atoms with Crippen molar-refractivity contribution in [3.8, 4) is 0 Å². The van der Waals surface area contributed by atoms with E-state index in [0.717, 1.165) is 0 Å². The van der Waals surface area contributed by atoms with E-state index in [-0.39, 0.29) is 6.10 Å². The van der Waals surface area contributed by atoms with Gasteiger partial charge in [0.2, 0.25) is 0 Å². The highest BCUT2D eigenvalue weighted by molar-refractivity contribution is 5.76.